The van der Waals surface area contributed by atoms with Gasteiger partial charge in [-0.15, -0.1) is 0 Å². The lowest BCUT2D eigenvalue weighted by atomic mass is 10.0. The predicted octanol–water partition coefficient (Wildman–Crippen LogP) is 7.20. The van der Waals surface area contributed by atoms with Crippen LogP contribution in [0.4, 0.5) is 0 Å². The van der Waals surface area contributed by atoms with Gasteiger partial charge in [0.25, 0.3) is 5.91 Å². The second kappa shape index (κ2) is 12.9. The second-order valence-electron chi connectivity index (χ2n) is 10.3. The number of rotatable bonds is 9. The van der Waals surface area contributed by atoms with Crippen molar-refractivity contribution in [3.05, 3.63) is 98.0 Å². The Hall–Kier alpha value is -2.73. The van der Waals surface area contributed by atoms with Gasteiger partial charge >= 0.3 is 0 Å². The highest BCUT2D eigenvalue weighted by Gasteiger charge is 2.33. The van der Waals surface area contributed by atoms with Gasteiger partial charge in [-0.05, 0) is 75.6 Å². The molecule has 3 rings (SSSR count). The Morgan fingerprint density at radius 1 is 0.921 bits per heavy atom. The zero-order valence-electron chi connectivity index (χ0n) is 22.3. The summed E-state index contributed by atoms with van der Waals surface area (Å²) in [5.41, 5.74) is 2.66. The summed E-state index contributed by atoms with van der Waals surface area (Å²) in [5, 5.41) is 4.51. The molecule has 0 saturated heterocycles. The lowest BCUT2D eigenvalue weighted by Gasteiger charge is -2.34. The number of benzene rings is 3. The van der Waals surface area contributed by atoms with Crippen LogP contribution in [-0.2, 0) is 22.6 Å². The molecule has 0 heterocycles. The maximum Gasteiger partial charge on any atom is 0.261 e. The number of carbonyl (C=O) groups is 2. The van der Waals surface area contributed by atoms with Gasteiger partial charge in [-0.25, -0.2) is 0 Å². The molecular weight excluding hydrogens is 543 g/mol. The minimum atomic E-state index is -0.839. The first-order chi connectivity index (χ1) is 17.9. The molecule has 0 spiro atoms. The molecule has 0 fully saturated rings. The summed E-state index contributed by atoms with van der Waals surface area (Å²) >= 11 is 19.3. The second-order valence-corrected chi connectivity index (χ2v) is 11.5. The molecule has 0 aliphatic rings. The molecule has 3 aromatic rings. The van der Waals surface area contributed by atoms with Gasteiger partial charge in [-0.3, -0.25) is 9.59 Å². The number of hydrogen-bond acceptors (Lipinski definition) is 3. The van der Waals surface area contributed by atoms with Crippen LogP contribution < -0.4 is 10.1 Å². The molecule has 2 amide bonds. The molecule has 38 heavy (non-hydrogen) atoms. The average Bonchev–Trinajstić information content (AvgIpc) is 2.84. The Labute approximate surface area is 240 Å². The Kier molecular flexibility index (Phi) is 10.1. The molecule has 0 aliphatic heterocycles. The maximum atomic E-state index is 13.8. The van der Waals surface area contributed by atoms with Crippen LogP contribution in [0.15, 0.2) is 60.7 Å². The van der Waals surface area contributed by atoms with Gasteiger partial charge in [0.05, 0.1) is 0 Å². The zero-order chi connectivity index (χ0) is 28.0. The van der Waals surface area contributed by atoms with E-state index in [0.717, 1.165) is 16.7 Å². The van der Waals surface area contributed by atoms with Crippen LogP contribution in [0.25, 0.3) is 0 Å². The Balaban J connectivity index is 1.99. The molecule has 3 aromatic carbocycles. The van der Waals surface area contributed by atoms with E-state index in [-0.39, 0.29) is 25.0 Å². The molecule has 202 valence electrons. The lowest BCUT2D eigenvalue weighted by molar-refractivity contribution is -0.143. The van der Waals surface area contributed by atoms with Crippen molar-refractivity contribution in [2.24, 2.45) is 0 Å². The van der Waals surface area contributed by atoms with Gasteiger partial charge in [0.15, 0.2) is 6.61 Å². The van der Waals surface area contributed by atoms with Gasteiger partial charge < -0.3 is 15.0 Å². The van der Waals surface area contributed by atoms with Crippen molar-refractivity contribution in [2.45, 2.75) is 59.2 Å². The first-order valence-corrected chi connectivity index (χ1v) is 13.5. The minimum absolute atomic E-state index is 0.0361. The van der Waals surface area contributed by atoms with Crippen LogP contribution in [0.2, 0.25) is 15.1 Å². The Morgan fingerprint density at radius 3 is 2.05 bits per heavy atom. The average molecular weight is 576 g/mol. The molecular formula is C30H33Cl3N2O3. The predicted molar refractivity (Wildman–Crippen MR) is 155 cm³/mol. The van der Waals surface area contributed by atoms with Crippen molar-refractivity contribution >= 4 is 46.6 Å². The fourth-order valence-corrected chi connectivity index (χ4v) is 4.70. The van der Waals surface area contributed by atoms with Crippen LogP contribution in [0.1, 0.15) is 43.0 Å². The van der Waals surface area contributed by atoms with E-state index in [4.69, 9.17) is 39.5 Å². The van der Waals surface area contributed by atoms with Crippen molar-refractivity contribution in [3.63, 3.8) is 0 Å². The first-order valence-electron chi connectivity index (χ1n) is 12.3. The van der Waals surface area contributed by atoms with E-state index in [2.05, 4.69) is 5.32 Å². The van der Waals surface area contributed by atoms with E-state index in [1.807, 2.05) is 65.0 Å². The number of nitrogens with one attached hydrogen (secondary N) is 1. The van der Waals surface area contributed by atoms with Crippen molar-refractivity contribution in [2.75, 3.05) is 6.61 Å². The number of carbonyl (C=O) groups excluding carboxylic acids is 2. The topological polar surface area (TPSA) is 58.6 Å². The van der Waals surface area contributed by atoms with Crippen LogP contribution in [0.3, 0.4) is 0 Å². The standard InChI is InChI=1S/C30H33Cl3N2O3/c1-19-14-22(15-20(2)28(19)33)38-18-27(36)35(17-23-24(31)12-9-13-25(23)32)26(29(37)34-30(3,4)5)16-21-10-7-6-8-11-21/h6-15,26H,16-18H2,1-5H3,(H,34,37)/t26-/m0/s1. The summed E-state index contributed by atoms with van der Waals surface area (Å²) in [4.78, 5) is 28.9. The summed E-state index contributed by atoms with van der Waals surface area (Å²) in [7, 11) is 0. The molecule has 1 N–H and O–H groups in total. The van der Waals surface area contributed by atoms with Gasteiger partial charge in [0.1, 0.15) is 11.8 Å². The summed E-state index contributed by atoms with van der Waals surface area (Å²) in [6.45, 7) is 9.21. The highest BCUT2D eigenvalue weighted by molar-refractivity contribution is 6.36. The van der Waals surface area contributed by atoms with Crippen molar-refractivity contribution < 1.29 is 14.3 Å². The van der Waals surface area contributed by atoms with Gasteiger partial charge in [-0.2, -0.15) is 0 Å². The summed E-state index contributed by atoms with van der Waals surface area (Å²) in [6.07, 6.45) is 0.301. The van der Waals surface area contributed by atoms with Gasteiger partial charge in [0.2, 0.25) is 5.91 Å². The molecule has 0 radical (unpaired) electrons. The molecule has 0 saturated carbocycles. The number of hydrogen-bond donors (Lipinski definition) is 1. The van der Waals surface area contributed by atoms with E-state index in [1.165, 1.54) is 4.90 Å². The van der Waals surface area contributed by atoms with Gasteiger partial charge in [0, 0.05) is 39.1 Å². The fourth-order valence-electron chi connectivity index (χ4n) is 4.08. The first kappa shape index (κ1) is 29.8. The third-order valence-corrected chi connectivity index (χ3v) is 7.24. The highest BCUT2D eigenvalue weighted by Crippen LogP contribution is 2.28. The Morgan fingerprint density at radius 2 is 1.50 bits per heavy atom. The monoisotopic (exact) mass is 574 g/mol. The Bertz CT molecular complexity index is 1250. The quantitative estimate of drug-likeness (QED) is 0.294. The van der Waals surface area contributed by atoms with E-state index >= 15 is 0 Å². The zero-order valence-corrected chi connectivity index (χ0v) is 24.5. The number of amides is 2. The number of halogens is 3. The molecule has 0 aromatic heterocycles. The lowest BCUT2D eigenvalue weighted by Crippen LogP contribution is -2.55. The smallest absolute Gasteiger partial charge is 0.261 e. The van der Waals surface area contributed by atoms with Crippen LogP contribution in [0.5, 0.6) is 5.75 Å². The SMILES string of the molecule is Cc1cc(OCC(=O)N(Cc2c(Cl)cccc2Cl)[C@@H](Cc2ccccc2)C(=O)NC(C)(C)C)cc(C)c1Cl. The van der Waals surface area contributed by atoms with Gasteiger partial charge in [-0.1, -0.05) is 71.2 Å². The van der Waals surface area contributed by atoms with E-state index < -0.39 is 11.6 Å². The third-order valence-electron chi connectivity index (χ3n) is 5.93. The molecule has 0 aliphatic carbocycles. The third kappa shape index (κ3) is 8.13. The maximum absolute atomic E-state index is 13.8. The van der Waals surface area contributed by atoms with Crippen molar-refractivity contribution in [1.82, 2.24) is 10.2 Å². The van der Waals surface area contributed by atoms with E-state index in [9.17, 15) is 9.59 Å². The van der Waals surface area contributed by atoms with E-state index in [1.54, 1.807) is 30.3 Å². The highest BCUT2D eigenvalue weighted by atomic mass is 35.5. The molecule has 0 unspecified atom stereocenters. The molecule has 8 heteroatoms. The minimum Gasteiger partial charge on any atom is -0.484 e. The largest absolute Gasteiger partial charge is 0.484 e. The summed E-state index contributed by atoms with van der Waals surface area (Å²) in [5.74, 6) is -0.139. The number of aryl methyl sites for hydroxylation is 2. The van der Waals surface area contributed by atoms with Crippen LogP contribution in [-0.4, -0.2) is 34.9 Å². The summed E-state index contributed by atoms with van der Waals surface area (Å²) in [6, 6.07) is 17.5. The van der Waals surface area contributed by atoms with Crippen LogP contribution in [0, 0.1) is 13.8 Å². The normalized spacial score (nSPS) is 12.1. The molecule has 5 nitrogen and oxygen atoms in total. The van der Waals surface area contributed by atoms with Crippen LogP contribution >= 0.6 is 34.8 Å². The molecule has 0 bridgehead atoms. The summed E-state index contributed by atoms with van der Waals surface area (Å²) < 4.78 is 5.90. The van der Waals surface area contributed by atoms with Crippen molar-refractivity contribution in [1.29, 1.82) is 0 Å². The number of ether oxygens (including phenoxy) is 1. The molecule has 1 atom stereocenters. The number of nitrogens with zero attached hydrogens (tertiary/aromatic N) is 1. The van der Waals surface area contributed by atoms with Crippen molar-refractivity contribution in [3.8, 4) is 5.75 Å². The fraction of sp³-hybridized carbons (Fsp3) is 0.333. The van der Waals surface area contributed by atoms with E-state index in [0.29, 0.717) is 32.8 Å².